The maximum atomic E-state index is 13.1. The molecule has 4 aromatic carbocycles. The molecule has 0 radical (unpaired) electrons. The van der Waals surface area contributed by atoms with Crippen molar-refractivity contribution in [2.75, 3.05) is 46.3 Å². The lowest BCUT2D eigenvalue weighted by Gasteiger charge is -2.24. The van der Waals surface area contributed by atoms with Gasteiger partial charge in [-0.25, -0.2) is 0 Å². The van der Waals surface area contributed by atoms with E-state index in [0.29, 0.717) is 35.8 Å². The third kappa shape index (κ3) is 6.85. The van der Waals surface area contributed by atoms with Crippen LogP contribution >= 0.6 is 0 Å². The third-order valence-corrected chi connectivity index (χ3v) is 9.69. The molecule has 4 N–H and O–H groups in total. The molecule has 0 aliphatic carbocycles. The van der Waals surface area contributed by atoms with E-state index in [1.165, 1.54) is 6.07 Å². The van der Waals surface area contributed by atoms with E-state index in [0.717, 1.165) is 29.1 Å². The van der Waals surface area contributed by atoms with Crippen LogP contribution in [-0.2, 0) is 13.3 Å². The molecule has 40 heavy (non-hydrogen) atoms. The van der Waals surface area contributed by atoms with Crippen molar-refractivity contribution in [3.8, 4) is 5.75 Å². The number of aromatic hydroxyl groups is 1. The summed E-state index contributed by atoms with van der Waals surface area (Å²) in [6.07, 6.45) is 0.823. The molecule has 0 spiro atoms. The van der Waals surface area contributed by atoms with Crippen molar-refractivity contribution in [1.29, 1.82) is 0 Å². The number of hydrogen-bond donors (Lipinski definition) is 4. The molecule has 0 saturated carbocycles. The fraction of sp³-hybridized carbons (Fsp3) is 0.267. The van der Waals surface area contributed by atoms with Gasteiger partial charge >= 0.3 is 8.80 Å². The molecule has 9 nitrogen and oxygen atoms in total. The lowest BCUT2D eigenvalue weighted by molar-refractivity contribution is 0.0953. The van der Waals surface area contributed by atoms with Crippen molar-refractivity contribution in [2.24, 2.45) is 0 Å². The van der Waals surface area contributed by atoms with Crippen LogP contribution in [0.25, 0.3) is 21.5 Å². The van der Waals surface area contributed by atoms with Crippen molar-refractivity contribution in [1.82, 2.24) is 10.6 Å². The first-order valence-corrected chi connectivity index (χ1v) is 15.0. The van der Waals surface area contributed by atoms with Gasteiger partial charge in [-0.3, -0.25) is 9.59 Å². The lowest BCUT2D eigenvalue weighted by Crippen LogP contribution is -2.43. The van der Waals surface area contributed by atoms with Gasteiger partial charge in [-0.1, -0.05) is 42.5 Å². The molecular formula is C30H35N3O6Si. The topological polar surface area (TPSA) is 118 Å². The number of nitrogens with one attached hydrogen (secondary N) is 3. The fourth-order valence-corrected chi connectivity index (χ4v) is 6.33. The van der Waals surface area contributed by atoms with Gasteiger partial charge in [-0.15, -0.1) is 0 Å². The van der Waals surface area contributed by atoms with Crippen LogP contribution in [0.3, 0.4) is 0 Å². The Morgan fingerprint density at radius 2 is 1.52 bits per heavy atom. The monoisotopic (exact) mass is 561 g/mol. The Bertz CT molecular complexity index is 1480. The Morgan fingerprint density at radius 1 is 0.775 bits per heavy atom. The quantitative estimate of drug-likeness (QED) is 0.140. The number of phenols is 1. The first kappa shape index (κ1) is 29.2. The molecule has 0 heterocycles. The predicted octanol–water partition coefficient (Wildman–Crippen LogP) is 4.54. The number of benzene rings is 4. The van der Waals surface area contributed by atoms with Crippen LogP contribution in [0.2, 0.25) is 6.04 Å². The normalized spacial score (nSPS) is 11.6. The van der Waals surface area contributed by atoms with Gasteiger partial charge in [-0.05, 0) is 59.5 Å². The molecule has 10 heteroatoms. The first-order valence-electron chi connectivity index (χ1n) is 13.1. The molecule has 0 bridgehead atoms. The van der Waals surface area contributed by atoms with E-state index in [1.54, 1.807) is 45.6 Å². The number of anilines is 1. The smallest absolute Gasteiger partial charge is 0.500 e. The highest BCUT2D eigenvalue weighted by atomic mass is 28.4. The van der Waals surface area contributed by atoms with Gasteiger partial charge in [0.2, 0.25) is 0 Å². The first-order chi connectivity index (χ1) is 19.4. The van der Waals surface area contributed by atoms with E-state index in [9.17, 15) is 14.7 Å². The number of phenolic OH excluding ortho intramolecular Hbond substituents is 1. The molecule has 0 aliphatic rings. The summed E-state index contributed by atoms with van der Waals surface area (Å²) in [6, 6.07) is 22.4. The minimum atomic E-state index is -2.57. The summed E-state index contributed by atoms with van der Waals surface area (Å²) in [5.41, 5.74) is 1.25. The van der Waals surface area contributed by atoms with Gasteiger partial charge in [-0.2, -0.15) is 0 Å². The lowest BCUT2D eigenvalue weighted by atomic mass is 10.0. The number of rotatable bonds is 13. The van der Waals surface area contributed by atoms with Crippen LogP contribution in [0, 0.1) is 0 Å². The molecule has 2 amide bonds. The SMILES string of the molecule is CO[Si](CCCNCCNC(=O)c1ccc2cc(O)c(C(=O)Nc3cccc4ccccc34)cc2c1)(OC)OC. The van der Waals surface area contributed by atoms with Crippen molar-refractivity contribution < 1.29 is 28.0 Å². The van der Waals surface area contributed by atoms with Crippen molar-refractivity contribution in [3.63, 3.8) is 0 Å². The molecule has 210 valence electrons. The van der Waals surface area contributed by atoms with E-state index in [2.05, 4.69) is 16.0 Å². The second-order valence-corrected chi connectivity index (χ2v) is 12.4. The Balaban J connectivity index is 1.35. The number of carbonyl (C=O) groups excluding carboxylic acids is 2. The minimum Gasteiger partial charge on any atom is -0.507 e. The molecule has 0 atom stereocenters. The van der Waals surface area contributed by atoms with Gasteiger partial charge in [0.25, 0.3) is 11.8 Å². The summed E-state index contributed by atoms with van der Waals surface area (Å²) in [5.74, 6) is -0.781. The Morgan fingerprint density at radius 3 is 2.30 bits per heavy atom. The minimum absolute atomic E-state index is 0.129. The molecule has 0 unspecified atom stereocenters. The Labute approximate surface area is 234 Å². The second kappa shape index (κ2) is 13.5. The zero-order valence-electron chi connectivity index (χ0n) is 23.0. The molecule has 0 saturated heterocycles. The van der Waals surface area contributed by atoms with Crippen LogP contribution in [0.1, 0.15) is 27.1 Å². The van der Waals surface area contributed by atoms with E-state index >= 15 is 0 Å². The van der Waals surface area contributed by atoms with E-state index in [4.69, 9.17) is 13.3 Å². The highest BCUT2D eigenvalue weighted by molar-refractivity contribution is 6.60. The zero-order chi connectivity index (χ0) is 28.5. The summed E-state index contributed by atoms with van der Waals surface area (Å²) in [7, 11) is 2.22. The number of amides is 2. The van der Waals surface area contributed by atoms with Gasteiger partial charge in [0.15, 0.2) is 0 Å². The van der Waals surface area contributed by atoms with Gasteiger partial charge in [0.1, 0.15) is 5.75 Å². The Hall–Kier alpha value is -3.80. The van der Waals surface area contributed by atoms with Crippen molar-refractivity contribution in [2.45, 2.75) is 12.5 Å². The number of carbonyl (C=O) groups is 2. The molecule has 4 aromatic rings. The van der Waals surface area contributed by atoms with Crippen LogP contribution in [0.15, 0.2) is 72.8 Å². The molecule has 0 aliphatic heterocycles. The highest BCUT2D eigenvalue weighted by Crippen LogP contribution is 2.29. The average Bonchev–Trinajstić information content (AvgIpc) is 2.98. The molecule has 0 aromatic heterocycles. The van der Waals surface area contributed by atoms with Crippen LogP contribution in [0.5, 0.6) is 5.75 Å². The maximum Gasteiger partial charge on any atom is 0.500 e. The average molecular weight is 562 g/mol. The van der Waals surface area contributed by atoms with Crippen molar-refractivity contribution in [3.05, 3.63) is 83.9 Å². The maximum absolute atomic E-state index is 13.1. The number of hydrogen-bond acceptors (Lipinski definition) is 7. The molecule has 0 fully saturated rings. The zero-order valence-corrected chi connectivity index (χ0v) is 24.0. The Kier molecular flexibility index (Phi) is 9.86. The highest BCUT2D eigenvalue weighted by Gasteiger charge is 2.36. The second-order valence-electron chi connectivity index (χ2n) is 9.32. The van der Waals surface area contributed by atoms with E-state index < -0.39 is 14.7 Å². The van der Waals surface area contributed by atoms with Gasteiger partial charge in [0.05, 0.1) is 5.56 Å². The van der Waals surface area contributed by atoms with Crippen LogP contribution in [0.4, 0.5) is 5.69 Å². The van der Waals surface area contributed by atoms with Crippen LogP contribution in [-0.4, -0.2) is 66.7 Å². The van der Waals surface area contributed by atoms with E-state index in [1.807, 2.05) is 42.5 Å². The van der Waals surface area contributed by atoms with E-state index in [-0.39, 0.29) is 17.2 Å². The van der Waals surface area contributed by atoms with Gasteiger partial charge in [0, 0.05) is 57.1 Å². The standard InChI is InChI=1S/C30H35N3O6Si/c1-37-40(38-2,39-3)17-7-14-31-15-16-32-29(35)23-13-12-22-20-28(34)26(19-24(22)18-23)30(36)33-27-11-6-9-21-8-4-5-10-25(21)27/h4-6,8-13,18-20,31,34H,7,14-17H2,1-3H3,(H,32,35)(H,33,36). The summed E-state index contributed by atoms with van der Waals surface area (Å²) in [5, 5.41) is 23.0. The van der Waals surface area contributed by atoms with Crippen LogP contribution < -0.4 is 16.0 Å². The summed E-state index contributed by atoms with van der Waals surface area (Å²) >= 11 is 0. The third-order valence-electron chi connectivity index (χ3n) is 6.86. The largest absolute Gasteiger partial charge is 0.507 e. The van der Waals surface area contributed by atoms with Gasteiger partial charge < -0.3 is 34.3 Å². The summed E-state index contributed by atoms with van der Waals surface area (Å²) in [4.78, 5) is 25.9. The molecular weight excluding hydrogens is 526 g/mol. The van der Waals surface area contributed by atoms with Crippen molar-refractivity contribution >= 4 is 47.9 Å². The number of fused-ring (bicyclic) bond motifs is 2. The fourth-order valence-electron chi connectivity index (χ4n) is 4.61. The summed E-state index contributed by atoms with van der Waals surface area (Å²) in [6.45, 7) is 1.80. The predicted molar refractivity (Wildman–Crippen MR) is 159 cm³/mol. The molecule has 4 rings (SSSR count). The summed E-state index contributed by atoms with van der Waals surface area (Å²) < 4.78 is 16.3.